The quantitative estimate of drug-likeness (QED) is 0.524. The van der Waals surface area contributed by atoms with Crippen LogP contribution >= 0.6 is 11.3 Å². The summed E-state index contributed by atoms with van der Waals surface area (Å²) in [5.74, 6) is -1.31. The summed E-state index contributed by atoms with van der Waals surface area (Å²) in [6, 6.07) is 14.0. The number of hydrogen-bond acceptors (Lipinski definition) is 6. The third-order valence-corrected chi connectivity index (χ3v) is 7.36. The zero-order valence-electron chi connectivity index (χ0n) is 21.4. The number of carboxylic acids is 1. The number of nitrogens with zero attached hydrogens (tertiary/aromatic N) is 3. The molecular weight excluding hydrogens is 490 g/mol. The van der Waals surface area contributed by atoms with Crippen LogP contribution in [-0.4, -0.2) is 70.0 Å². The summed E-state index contributed by atoms with van der Waals surface area (Å²) in [5, 5.41) is 12.4. The lowest BCUT2D eigenvalue weighted by molar-refractivity contribution is -0.153. The molecule has 1 atom stereocenters. The molecule has 8 nitrogen and oxygen atoms in total. The number of carbonyl (C=O) groups excluding carboxylic acids is 2. The molecule has 2 heterocycles. The number of methoxy groups -OCH3 is 1. The molecule has 1 saturated heterocycles. The average Bonchev–Trinajstić information content (AvgIpc) is 3.40. The molecule has 9 heteroatoms. The molecule has 1 fully saturated rings. The molecule has 0 spiro atoms. The van der Waals surface area contributed by atoms with Gasteiger partial charge in [0.15, 0.2) is 5.54 Å². The second kappa shape index (κ2) is 10.3. The van der Waals surface area contributed by atoms with Crippen LogP contribution in [-0.2, 0) is 16.6 Å². The van der Waals surface area contributed by atoms with Crippen molar-refractivity contribution in [1.82, 2.24) is 14.8 Å². The molecule has 1 aromatic heterocycles. The number of amides is 2. The van der Waals surface area contributed by atoms with E-state index in [1.54, 1.807) is 54.4 Å². The van der Waals surface area contributed by atoms with E-state index in [9.17, 15) is 19.5 Å². The van der Waals surface area contributed by atoms with Gasteiger partial charge in [-0.1, -0.05) is 45.0 Å². The summed E-state index contributed by atoms with van der Waals surface area (Å²) in [5.41, 5.74) is 2.03. The van der Waals surface area contributed by atoms with E-state index >= 15 is 0 Å². The van der Waals surface area contributed by atoms with Gasteiger partial charge in [-0.25, -0.2) is 9.78 Å². The van der Waals surface area contributed by atoms with Gasteiger partial charge in [-0.15, -0.1) is 11.3 Å². The van der Waals surface area contributed by atoms with Gasteiger partial charge in [0.05, 0.1) is 24.9 Å². The highest BCUT2D eigenvalue weighted by molar-refractivity contribution is 7.07. The lowest BCUT2D eigenvalue weighted by atomic mass is 9.85. The van der Waals surface area contributed by atoms with Crippen LogP contribution in [0.25, 0.3) is 0 Å². The number of carboxylic acid groups (broad SMARTS) is 1. The molecule has 2 aromatic carbocycles. The minimum absolute atomic E-state index is 0.0205. The minimum Gasteiger partial charge on any atom is -0.496 e. The zero-order valence-corrected chi connectivity index (χ0v) is 22.2. The Labute approximate surface area is 220 Å². The Hall–Kier alpha value is -3.72. The van der Waals surface area contributed by atoms with Crippen LogP contribution in [0.2, 0.25) is 0 Å². The predicted octanol–water partition coefficient (Wildman–Crippen LogP) is 4.11. The van der Waals surface area contributed by atoms with Gasteiger partial charge in [0.1, 0.15) is 5.75 Å². The van der Waals surface area contributed by atoms with Crippen molar-refractivity contribution in [1.29, 1.82) is 0 Å². The lowest BCUT2D eigenvalue weighted by Crippen LogP contribution is -2.69. The molecule has 1 N–H and O–H groups in total. The molecule has 1 aliphatic rings. The number of ether oxygens (including phenoxy) is 1. The molecule has 194 valence electrons. The van der Waals surface area contributed by atoms with E-state index < -0.39 is 17.4 Å². The van der Waals surface area contributed by atoms with Gasteiger partial charge in [-0.2, -0.15) is 0 Å². The van der Waals surface area contributed by atoms with Crippen LogP contribution in [0.15, 0.2) is 59.4 Å². The summed E-state index contributed by atoms with van der Waals surface area (Å²) in [4.78, 5) is 47.4. The number of benzene rings is 2. The van der Waals surface area contributed by atoms with Gasteiger partial charge < -0.3 is 19.6 Å². The number of carbonyl (C=O) groups is 3. The second-order valence-electron chi connectivity index (χ2n) is 10.2. The van der Waals surface area contributed by atoms with Gasteiger partial charge in [-0.3, -0.25) is 9.59 Å². The smallest absolute Gasteiger partial charge is 0.331 e. The van der Waals surface area contributed by atoms with Crippen LogP contribution in [0.4, 0.5) is 0 Å². The first-order valence-corrected chi connectivity index (χ1v) is 13.0. The normalized spacial score (nSPS) is 17.9. The maximum absolute atomic E-state index is 13.9. The molecule has 4 rings (SSSR count). The number of piperazine rings is 1. The van der Waals surface area contributed by atoms with Crippen molar-refractivity contribution in [2.75, 3.05) is 26.7 Å². The number of aromatic nitrogens is 1. The first-order chi connectivity index (χ1) is 17.6. The second-order valence-corrected chi connectivity index (χ2v) is 10.9. The Morgan fingerprint density at radius 1 is 1.05 bits per heavy atom. The topological polar surface area (TPSA) is 100 Å². The van der Waals surface area contributed by atoms with Gasteiger partial charge in [-0.05, 0) is 35.2 Å². The predicted molar refractivity (Wildman–Crippen MR) is 141 cm³/mol. The fourth-order valence-corrected chi connectivity index (χ4v) is 5.34. The summed E-state index contributed by atoms with van der Waals surface area (Å²) >= 11 is 1.35. The SMILES string of the molecule is COc1cc(C(=O)N2CCN(C(=O)c3ccccc3)CC2(Cc2cscn2)C(=O)O)ccc1C(C)(C)C. The van der Waals surface area contributed by atoms with E-state index in [0.29, 0.717) is 22.6 Å². The summed E-state index contributed by atoms with van der Waals surface area (Å²) in [7, 11) is 1.55. The molecule has 0 bridgehead atoms. The molecule has 2 amide bonds. The standard InChI is InChI=1S/C28H31N3O5S/c1-27(2,3)22-11-10-20(14-23(22)36-4)25(33)31-13-12-30(24(32)19-8-6-5-7-9-19)17-28(31,26(34)35)15-21-16-37-18-29-21/h5-11,14,16,18H,12-13,15,17H2,1-4H3,(H,34,35). The van der Waals surface area contributed by atoms with E-state index in [2.05, 4.69) is 25.8 Å². The fraction of sp³-hybridized carbons (Fsp3) is 0.357. The largest absolute Gasteiger partial charge is 0.496 e. The first-order valence-electron chi connectivity index (χ1n) is 12.0. The van der Waals surface area contributed by atoms with Gasteiger partial charge >= 0.3 is 5.97 Å². The Morgan fingerprint density at radius 3 is 2.38 bits per heavy atom. The number of thiazole rings is 1. The van der Waals surface area contributed by atoms with Crippen molar-refractivity contribution in [2.24, 2.45) is 0 Å². The van der Waals surface area contributed by atoms with Crippen LogP contribution in [0.1, 0.15) is 52.7 Å². The number of aliphatic carboxylic acids is 1. The van der Waals surface area contributed by atoms with Gasteiger partial charge in [0.2, 0.25) is 0 Å². The van der Waals surface area contributed by atoms with Crippen molar-refractivity contribution in [3.05, 3.63) is 81.8 Å². The number of hydrogen-bond donors (Lipinski definition) is 1. The summed E-state index contributed by atoms with van der Waals surface area (Å²) < 4.78 is 5.58. The monoisotopic (exact) mass is 521 g/mol. The van der Waals surface area contributed by atoms with Crippen molar-refractivity contribution < 1.29 is 24.2 Å². The highest BCUT2D eigenvalue weighted by Gasteiger charge is 2.52. The van der Waals surface area contributed by atoms with Crippen LogP contribution in [0.5, 0.6) is 5.75 Å². The van der Waals surface area contributed by atoms with Crippen molar-refractivity contribution >= 4 is 29.1 Å². The molecule has 37 heavy (non-hydrogen) atoms. The third kappa shape index (κ3) is 5.22. The molecule has 1 unspecified atom stereocenters. The molecule has 3 aromatic rings. The Balaban J connectivity index is 1.74. The summed E-state index contributed by atoms with van der Waals surface area (Å²) in [6.07, 6.45) is -0.0205. The lowest BCUT2D eigenvalue weighted by Gasteiger charge is -2.48. The van der Waals surface area contributed by atoms with Crippen LogP contribution in [0, 0.1) is 0 Å². The highest BCUT2D eigenvalue weighted by atomic mass is 32.1. The van der Waals surface area contributed by atoms with Crippen molar-refractivity contribution in [3.8, 4) is 5.75 Å². The number of rotatable bonds is 6. The van der Waals surface area contributed by atoms with E-state index in [4.69, 9.17) is 4.74 Å². The fourth-order valence-electron chi connectivity index (χ4n) is 4.78. The Morgan fingerprint density at radius 2 is 1.78 bits per heavy atom. The molecule has 1 aliphatic heterocycles. The molecular formula is C28H31N3O5S. The van der Waals surface area contributed by atoms with Crippen LogP contribution in [0.3, 0.4) is 0 Å². The van der Waals surface area contributed by atoms with E-state index in [-0.39, 0.29) is 37.4 Å². The minimum atomic E-state index is -1.69. The zero-order chi connectivity index (χ0) is 26.8. The van der Waals surface area contributed by atoms with Gasteiger partial charge in [0, 0.05) is 36.0 Å². The molecule has 0 aliphatic carbocycles. The van der Waals surface area contributed by atoms with Crippen molar-refractivity contribution in [3.63, 3.8) is 0 Å². The maximum atomic E-state index is 13.9. The molecule has 0 saturated carbocycles. The van der Waals surface area contributed by atoms with E-state index in [1.807, 2.05) is 12.1 Å². The van der Waals surface area contributed by atoms with Crippen molar-refractivity contribution in [2.45, 2.75) is 38.1 Å². The highest BCUT2D eigenvalue weighted by Crippen LogP contribution is 2.34. The van der Waals surface area contributed by atoms with E-state index in [1.165, 1.54) is 21.1 Å². The van der Waals surface area contributed by atoms with Crippen LogP contribution < -0.4 is 4.74 Å². The van der Waals surface area contributed by atoms with E-state index in [0.717, 1.165) is 5.56 Å². The van der Waals surface area contributed by atoms with Gasteiger partial charge in [0.25, 0.3) is 11.8 Å². The Kier molecular flexibility index (Phi) is 7.36. The third-order valence-electron chi connectivity index (χ3n) is 6.73. The first kappa shape index (κ1) is 26.3. The average molecular weight is 522 g/mol. The maximum Gasteiger partial charge on any atom is 0.331 e. The Bertz CT molecular complexity index is 1290. The molecule has 0 radical (unpaired) electrons. The summed E-state index contributed by atoms with van der Waals surface area (Å²) in [6.45, 7) is 6.28.